The lowest BCUT2D eigenvalue weighted by Crippen LogP contribution is -2.41. The molecule has 0 aromatic carbocycles. The Kier molecular flexibility index (Phi) is 2.87. The third-order valence-corrected chi connectivity index (χ3v) is 3.15. The molecular formula is C11H19N3. The van der Waals surface area contributed by atoms with Crippen LogP contribution in [-0.2, 0) is 6.54 Å². The smallest absolute Gasteiger partial charge is 0.0948 e. The molecule has 0 saturated carbocycles. The third kappa shape index (κ3) is 1.82. The largest absolute Gasteiger partial charge is 0.334 e. The van der Waals surface area contributed by atoms with E-state index in [-0.39, 0.29) is 0 Å². The first-order valence-corrected chi connectivity index (χ1v) is 5.52. The van der Waals surface area contributed by atoms with Gasteiger partial charge >= 0.3 is 0 Å². The van der Waals surface area contributed by atoms with E-state index < -0.39 is 0 Å². The first-order chi connectivity index (χ1) is 6.81. The van der Waals surface area contributed by atoms with Gasteiger partial charge in [-0.05, 0) is 5.92 Å². The highest BCUT2D eigenvalue weighted by atomic mass is 15.1. The first kappa shape index (κ1) is 9.71. The first-order valence-electron chi connectivity index (χ1n) is 5.52. The second-order valence-corrected chi connectivity index (χ2v) is 4.34. The summed E-state index contributed by atoms with van der Waals surface area (Å²) in [7, 11) is 0. The molecule has 2 rings (SSSR count). The van der Waals surface area contributed by atoms with Gasteiger partial charge in [0.25, 0.3) is 0 Å². The summed E-state index contributed by atoms with van der Waals surface area (Å²) in [5, 5.41) is 3.30. The molecule has 1 saturated heterocycles. The molecule has 1 unspecified atom stereocenters. The molecule has 1 aromatic rings. The molecule has 0 bridgehead atoms. The maximum Gasteiger partial charge on any atom is 0.0948 e. The topological polar surface area (TPSA) is 29.9 Å². The highest BCUT2D eigenvalue weighted by Crippen LogP contribution is 2.20. The highest BCUT2D eigenvalue weighted by molar-refractivity contribution is 5.11. The van der Waals surface area contributed by atoms with Crippen LogP contribution in [0.2, 0.25) is 0 Å². The van der Waals surface area contributed by atoms with E-state index in [1.54, 1.807) is 0 Å². The third-order valence-electron chi connectivity index (χ3n) is 3.15. The second-order valence-electron chi connectivity index (χ2n) is 4.34. The minimum Gasteiger partial charge on any atom is -0.334 e. The molecule has 1 aromatic heterocycles. The van der Waals surface area contributed by atoms with E-state index >= 15 is 0 Å². The van der Waals surface area contributed by atoms with Gasteiger partial charge in [0.1, 0.15) is 0 Å². The number of hydrogen-bond acceptors (Lipinski definition) is 2. The quantitative estimate of drug-likeness (QED) is 0.787. The van der Waals surface area contributed by atoms with E-state index in [0.29, 0.717) is 5.92 Å². The van der Waals surface area contributed by atoms with Gasteiger partial charge < -0.3 is 9.88 Å². The van der Waals surface area contributed by atoms with E-state index in [0.717, 1.165) is 25.6 Å². The van der Waals surface area contributed by atoms with Crippen LogP contribution in [0.1, 0.15) is 31.9 Å². The van der Waals surface area contributed by atoms with Gasteiger partial charge in [0.2, 0.25) is 0 Å². The van der Waals surface area contributed by atoms with Gasteiger partial charge in [-0.3, -0.25) is 0 Å². The summed E-state index contributed by atoms with van der Waals surface area (Å²) in [5.74, 6) is 1.44. The van der Waals surface area contributed by atoms with E-state index in [2.05, 4.69) is 28.7 Å². The molecule has 1 aliphatic rings. The molecule has 78 valence electrons. The lowest BCUT2D eigenvalue weighted by molar-refractivity contribution is 0.399. The number of nitrogens with zero attached hydrogens (tertiary/aromatic N) is 2. The zero-order valence-electron chi connectivity index (χ0n) is 9.03. The average molecular weight is 193 g/mol. The van der Waals surface area contributed by atoms with Crippen molar-refractivity contribution in [1.29, 1.82) is 0 Å². The zero-order valence-corrected chi connectivity index (χ0v) is 9.03. The van der Waals surface area contributed by atoms with Gasteiger partial charge in [-0.2, -0.15) is 0 Å². The molecule has 1 atom stereocenters. The van der Waals surface area contributed by atoms with Crippen LogP contribution < -0.4 is 5.32 Å². The van der Waals surface area contributed by atoms with Gasteiger partial charge in [-0.15, -0.1) is 0 Å². The monoisotopic (exact) mass is 193 g/mol. The molecule has 1 N–H and O–H groups in total. The van der Waals surface area contributed by atoms with Gasteiger partial charge in [-0.1, -0.05) is 20.3 Å². The Balaban J connectivity index is 2.05. The Morgan fingerprint density at radius 1 is 1.64 bits per heavy atom. The van der Waals surface area contributed by atoms with Crippen molar-refractivity contribution in [2.75, 3.05) is 13.1 Å². The van der Waals surface area contributed by atoms with Crippen LogP contribution in [-0.4, -0.2) is 22.6 Å². The fourth-order valence-corrected chi connectivity index (χ4v) is 1.79. The van der Waals surface area contributed by atoms with Crippen molar-refractivity contribution in [2.24, 2.45) is 5.92 Å². The van der Waals surface area contributed by atoms with Crippen LogP contribution in [0.15, 0.2) is 12.5 Å². The van der Waals surface area contributed by atoms with E-state index in [9.17, 15) is 0 Å². The van der Waals surface area contributed by atoms with E-state index in [4.69, 9.17) is 0 Å². The predicted octanol–water partition coefficient (Wildman–Crippen LogP) is 1.62. The minimum absolute atomic E-state index is 0.696. The van der Waals surface area contributed by atoms with Crippen molar-refractivity contribution in [3.05, 3.63) is 18.2 Å². The van der Waals surface area contributed by atoms with Crippen molar-refractivity contribution < 1.29 is 0 Å². The summed E-state index contributed by atoms with van der Waals surface area (Å²) >= 11 is 0. The van der Waals surface area contributed by atoms with Crippen molar-refractivity contribution in [3.63, 3.8) is 0 Å². The molecular weight excluding hydrogens is 174 g/mol. The van der Waals surface area contributed by atoms with Crippen LogP contribution in [0, 0.1) is 5.92 Å². The van der Waals surface area contributed by atoms with Gasteiger partial charge in [-0.25, -0.2) is 4.98 Å². The lowest BCUT2D eigenvalue weighted by Gasteiger charge is -2.28. The normalized spacial score (nSPS) is 19.3. The molecule has 3 nitrogen and oxygen atoms in total. The van der Waals surface area contributed by atoms with E-state index in [1.807, 2.05) is 12.5 Å². The molecule has 2 heterocycles. The molecule has 14 heavy (non-hydrogen) atoms. The molecule has 0 radical (unpaired) electrons. The number of hydrogen-bond donors (Lipinski definition) is 1. The minimum atomic E-state index is 0.696. The van der Waals surface area contributed by atoms with Crippen LogP contribution in [0.3, 0.4) is 0 Å². The van der Waals surface area contributed by atoms with Gasteiger partial charge in [0.05, 0.1) is 6.33 Å². The fourth-order valence-electron chi connectivity index (χ4n) is 1.79. The van der Waals surface area contributed by atoms with Crippen molar-refractivity contribution in [3.8, 4) is 0 Å². The van der Waals surface area contributed by atoms with Gasteiger partial charge in [0.15, 0.2) is 0 Å². The predicted molar refractivity (Wildman–Crippen MR) is 57.3 cm³/mol. The Labute approximate surface area is 85.5 Å². The summed E-state index contributed by atoms with van der Waals surface area (Å²) in [6.45, 7) is 7.88. The number of aromatic nitrogens is 2. The highest BCUT2D eigenvalue weighted by Gasteiger charge is 2.22. The Hall–Kier alpha value is -0.830. The maximum absolute atomic E-state index is 4.25. The summed E-state index contributed by atoms with van der Waals surface area (Å²) in [4.78, 5) is 4.25. The van der Waals surface area contributed by atoms with Crippen LogP contribution in [0.25, 0.3) is 0 Å². The summed E-state index contributed by atoms with van der Waals surface area (Å²) in [6, 6.07) is 0. The standard InChI is InChI=1S/C11H19N3/c1-3-9(2)7-14-8-13-6-11(14)10-4-12-5-10/h6,8-10,12H,3-5,7H2,1-2H3. The van der Waals surface area contributed by atoms with Crippen molar-refractivity contribution in [1.82, 2.24) is 14.9 Å². The van der Waals surface area contributed by atoms with Crippen LogP contribution in [0.5, 0.6) is 0 Å². The summed E-state index contributed by atoms with van der Waals surface area (Å²) < 4.78 is 2.32. The maximum atomic E-state index is 4.25. The number of nitrogens with one attached hydrogen (secondary N) is 1. The van der Waals surface area contributed by atoms with Crippen LogP contribution in [0.4, 0.5) is 0 Å². The fraction of sp³-hybridized carbons (Fsp3) is 0.727. The Bertz CT molecular complexity index is 288. The second kappa shape index (κ2) is 4.13. The number of imidazole rings is 1. The lowest BCUT2D eigenvalue weighted by atomic mass is 9.99. The summed E-state index contributed by atoms with van der Waals surface area (Å²) in [6.07, 6.45) is 5.23. The van der Waals surface area contributed by atoms with Crippen molar-refractivity contribution in [2.45, 2.75) is 32.7 Å². The Morgan fingerprint density at radius 3 is 3.00 bits per heavy atom. The molecule has 1 aliphatic heterocycles. The zero-order chi connectivity index (χ0) is 9.97. The van der Waals surface area contributed by atoms with Crippen LogP contribution >= 0.6 is 0 Å². The molecule has 0 aliphatic carbocycles. The van der Waals surface area contributed by atoms with E-state index in [1.165, 1.54) is 12.1 Å². The SMILES string of the molecule is CCC(C)Cn1cncc1C1CNC1. The number of rotatable bonds is 4. The molecule has 1 fully saturated rings. The Morgan fingerprint density at radius 2 is 2.43 bits per heavy atom. The summed E-state index contributed by atoms with van der Waals surface area (Å²) in [5.41, 5.74) is 1.41. The average Bonchev–Trinajstić information content (AvgIpc) is 2.50. The van der Waals surface area contributed by atoms with Gasteiger partial charge in [0, 0.05) is 37.4 Å². The van der Waals surface area contributed by atoms with Crippen molar-refractivity contribution >= 4 is 0 Å². The molecule has 0 amide bonds. The molecule has 0 spiro atoms. The molecule has 3 heteroatoms.